The zero-order valence-electron chi connectivity index (χ0n) is 9.61. The van der Waals surface area contributed by atoms with Crippen LogP contribution in [0.4, 0.5) is 61.5 Å². The van der Waals surface area contributed by atoms with Gasteiger partial charge in [0.15, 0.2) is 0 Å². The van der Waals surface area contributed by atoms with Crippen molar-refractivity contribution in [3.05, 3.63) is 12.1 Å². The number of alkyl halides is 11. The molecule has 0 saturated carbocycles. The van der Waals surface area contributed by atoms with Crippen molar-refractivity contribution in [1.82, 2.24) is 0 Å². The molecule has 0 radical (unpaired) electrons. The van der Waals surface area contributed by atoms with Gasteiger partial charge in [-0.05, 0) is 0 Å². The molecule has 0 fully saturated rings. The molecule has 0 atom stereocenters. The fourth-order valence-corrected chi connectivity index (χ4v) is 0.790. The summed E-state index contributed by atoms with van der Waals surface area (Å²) in [5.41, 5.74) is 0. The standard InChI is InChI=1S/C7F14O2/c8-1(9)2(10)22-5(15,16)3(11,12)4(13,14)6(17,18)23-7(19,20)21. The Morgan fingerprint density at radius 3 is 1.22 bits per heavy atom. The number of ether oxygens (including phenoxy) is 2. The van der Waals surface area contributed by atoms with Crippen LogP contribution in [0.15, 0.2) is 12.1 Å². The second kappa shape index (κ2) is 5.86. The lowest BCUT2D eigenvalue weighted by Crippen LogP contribution is -2.64. The van der Waals surface area contributed by atoms with Crippen LogP contribution in [0.5, 0.6) is 0 Å². The fraction of sp³-hybridized carbons (Fsp3) is 0.714. The molecule has 0 aliphatic carbocycles. The third-order valence-corrected chi connectivity index (χ3v) is 1.74. The molecule has 2 nitrogen and oxygen atoms in total. The molecule has 138 valence electrons. The molecule has 0 bridgehead atoms. The highest BCUT2D eigenvalue weighted by Crippen LogP contribution is 2.55. The van der Waals surface area contributed by atoms with Crippen LogP contribution in [0.2, 0.25) is 0 Å². The predicted molar refractivity (Wildman–Crippen MR) is 38.4 cm³/mol. The smallest absolute Gasteiger partial charge is 0.397 e. The highest BCUT2D eigenvalue weighted by atomic mass is 19.4. The summed E-state index contributed by atoms with van der Waals surface area (Å²) in [5.74, 6) is -15.3. The van der Waals surface area contributed by atoms with E-state index in [0.717, 1.165) is 0 Å². The Balaban J connectivity index is 5.82. The van der Waals surface area contributed by atoms with Crippen LogP contribution in [0, 0.1) is 0 Å². The van der Waals surface area contributed by atoms with Crippen LogP contribution < -0.4 is 0 Å². The topological polar surface area (TPSA) is 18.5 Å². The van der Waals surface area contributed by atoms with E-state index >= 15 is 0 Å². The second-order valence-electron chi connectivity index (χ2n) is 3.37. The van der Waals surface area contributed by atoms with Crippen molar-refractivity contribution in [2.24, 2.45) is 0 Å². The summed E-state index contributed by atoms with van der Waals surface area (Å²) in [6, 6.07) is -3.86. The molecule has 0 saturated heterocycles. The SMILES string of the molecule is FC(F)=C(F)OC(F)(F)C(F)(F)C(F)(F)C(F)(F)OC(F)(F)F. The average Bonchev–Trinajstić information content (AvgIpc) is 2.23. The van der Waals surface area contributed by atoms with Crippen molar-refractivity contribution in [3.8, 4) is 0 Å². The zero-order chi connectivity index (χ0) is 19.1. The maximum absolute atomic E-state index is 12.7. The molecular weight excluding hydrogens is 382 g/mol. The largest absolute Gasteiger partial charge is 0.527 e. The van der Waals surface area contributed by atoms with E-state index in [1.165, 1.54) is 4.74 Å². The summed E-state index contributed by atoms with van der Waals surface area (Å²) in [6.45, 7) is 0. The third kappa shape index (κ3) is 4.29. The van der Waals surface area contributed by atoms with E-state index in [0.29, 0.717) is 0 Å². The van der Waals surface area contributed by atoms with Gasteiger partial charge in [0, 0.05) is 0 Å². The summed E-state index contributed by atoms with van der Waals surface area (Å²) in [6.07, 6.45) is -25.0. The Kier molecular flexibility index (Phi) is 5.49. The summed E-state index contributed by atoms with van der Waals surface area (Å²) in [4.78, 5) is 0. The minimum absolute atomic E-state index is 1.32. The molecule has 0 heterocycles. The van der Waals surface area contributed by atoms with Crippen LogP contribution >= 0.6 is 0 Å². The van der Waals surface area contributed by atoms with Crippen molar-refractivity contribution in [1.29, 1.82) is 0 Å². The highest BCUT2D eigenvalue weighted by molar-refractivity contribution is 4.99. The molecule has 16 heteroatoms. The molecule has 0 amide bonds. The Morgan fingerprint density at radius 2 is 0.913 bits per heavy atom. The van der Waals surface area contributed by atoms with Crippen molar-refractivity contribution < 1.29 is 70.9 Å². The molecule has 0 N–H and O–H groups in total. The molecule has 0 aromatic rings. The van der Waals surface area contributed by atoms with Crippen molar-refractivity contribution in [2.75, 3.05) is 0 Å². The Labute approximate surface area is 115 Å². The van der Waals surface area contributed by atoms with E-state index in [4.69, 9.17) is 0 Å². The Bertz CT molecular complexity index is 458. The lowest BCUT2D eigenvalue weighted by atomic mass is 10.1. The van der Waals surface area contributed by atoms with Crippen molar-refractivity contribution in [3.63, 3.8) is 0 Å². The molecule has 0 aromatic carbocycles. The van der Waals surface area contributed by atoms with Crippen molar-refractivity contribution in [2.45, 2.75) is 30.4 Å². The van der Waals surface area contributed by atoms with Gasteiger partial charge in [-0.25, -0.2) is 4.74 Å². The highest BCUT2D eigenvalue weighted by Gasteiger charge is 2.85. The van der Waals surface area contributed by atoms with Gasteiger partial charge in [0.2, 0.25) is 0 Å². The molecule has 0 aromatic heterocycles. The number of hydrogen-bond acceptors (Lipinski definition) is 2. The molecule has 0 rings (SSSR count). The minimum Gasteiger partial charge on any atom is -0.397 e. The van der Waals surface area contributed by atoms with Crippen LogP contribution in [-0.2, 0) is 9.47 Å². The maximum atomic E-state index is 12.7. The Hall–Kier alpha value is -1.48. The van der Waals surface area contributed by atoms with E-state index in [-0.39, 0.29) is 0 Å². The van der Waals surface area contributed by atoms with E-state index in [2.05, 4.69) is 0 Å². The van der Waals surface area contributed by atoms with Gasteiger partial charge in [0.05, 0.1) is 0 Å². The first-order valence-electron chi connectivity index (χ1n) is 4.46. The van der Waals surface area contributed by atoms with E-state index in [1.807, 2.05) is 0 Å². The molecular formula is C7F14O2. The van der Waals surface area contributed by atoms with Crippen LogP contribution in [0.25, 0.3) is 0 Å². The van der Waals surface area contributed by atoms with E-state index in [9.17, 15) is 61.5 Å². The van der Waals surface area contributed by atoms with Gasteiger partial charge in [0.1, 0.15) is 0 Å². The Morgan fingerprint density at radius 1 is 0.565 bits per heavy atom. The lowest BCUT2D eigenvalue weighted by molar-refractivity contribution is -0.508. The quantitative estimate of drug-likeness (QED) is 0.474. The zero-order valence-corrected chi connectivity index (χ0v) is 9.61. The van der Waals surface area contributed by atoms with Gasteiger partial charge in [-0.1, -0.05) is 0 Å². The van der Waals surface area contributed by atoms with Gasteiger partial charge in [-0.2, -0.15) is 48.3 Å². The summed E-state index contributed by atoms with van der Waals surface area (Å²) >= 11 is 0. The first-order valence-corrected chi connectivity index (χ1v) is 4.46. The first-order chi connectivity index (χ1) is 9.78. The van der Waals surface area contributed by atoms with Crippen LogP contribution in [0.1, 0.15) is 0 Å². The molecule has 0 spiro atoms. The van der Waals surface area contributed by atoms with Crippen LogP contribution in [0.3, 0.4) is 0 Å². The monoisotopic (exact) mass is 382 g/mol. The normalized spacial score (nSPS) is 14.7. The number of hydrogen-bond donors (Lipinski definition) is 0. The number of rotatable bonds is 6. The maximum Gasteiger partial charge on any atom is 0.527 e. The van der Waals surface area contributed by atoms with E-state index in [1.54, 1.807) is 4.74 Å². The van der Waals surface area contributed by atoms with Gasteiger partial charge in [0.25, 0.3) is 0 Å². The van der Waals surface area contributed by atoms with Gasteiger partial charge < -0.3 is 4.74 Å². The minimum atomic E-state index is -7.66. The second-order valence-corrected chi connectivity index (χ2v) is 3.37. The van der Waals surface area contributed by atoms with Crippen molar-refractivity contribution >= 4 is 0 Å². The summed E-state index contributed by atoms with van der Waals surface area (Å²) in [7, 11) is 0. The fourth-order valence-electron chi connectivity index (χ4n) is 0.790. The number of halogens is 14. The average molecular weight is 382 g/mol. The molecule has 0 unspecified atom stereocenters. The van der Waals surface area contributed by atoms with Gasteiger partial charge >= 0.3 is 42.5 Å². The molecule has 23 heavy (non-hydrogen) atoms. The van der Waals surface area contributed by atoms with E-state index < -0.39 is 42.5 Å². The lowest BCUT2D eigenvalue weighted by Gasteiger charge is -2.35. The third-order valence-electron chi connectivity index (χ3n) is 1.74. The van der Waals surface area contributed by atoms with Gasteiger partial charge in [-0.15, -0.1) is 13.2 Å². The summed E-state index contributed by atoms with van der Waals surface area (Å²) < 4.78 is 173. The van der Waals surface area contributed by atoms with Gasteiger partial charge in [-0.3, -0.25) is 0 Å². The first kappa shape index (κ1) is 21.5. The van der Waals surface area contributed by atoms with Crippen LogP contribution in [-0.4, -0.2) is 30.4 Å². The predicted octanol–water partition coefficient (Wildman–Crippen LogP) is 5.03. The molecule has 0 aliphatic heterocycles. The molecule has 0 aliphatic rings. The summed E-state index contributed by atoms with van der Waals surface area (Å²) in [5, 5.41) is 0.